The summed E-state index contributed by atoms with van der Waals surface area (Å²) < 4.78 is 26.2. The first kappa shape index (κ1) is 17.3. The Hall–Kier alpha value is -1.73. The number of carbonyl (C=O) groups excluding carboxylic acids is 2. The molecular weight excluding hydrogens is 304 g/mol. The van der Waals surface area contributed by atoms with Crippen molar-refractivity contribution in [3.8, 4) is 0 Å². The van der Waals surface area contributed by atoms with Crippen molar-refractivity contribution in [1.29, 1.82) is 0 Å². The molecule has 0 radical (unpaired) electrons. The summed E-state index contributed by atoms with van der Waals surface area (Å²) in [6.07, 6.45) is -0.0904. The highest BCUT2D eigenvalue weighted by molar-refractivity contribution is 5.88. The van der Waals surface area contributed by atoms with E-state index in [2.05, 4.69) is 5.32 Å². The van der Waals surface area contributed by atoms with Gasteiger partial charge in [-0.1, -0.05) is 0 Å². The molecule has 0 spiro atoms. The van der Waals surface area contributed by atoms with Crippen LogP contribution >= 0.6 is 12.4 Å². The van der Waals surface area contributed by atoms with Crippen LogP contribution in [0.3, 0.4) is 0 Å². The molecule has 116 valence electrons. The van der Waals surface area contributed by atoms with Crippen molar-refractivity contribution in [3.05, 3.63) is 35.4 Å². The summed E-state index contributed by atoms with van der Waals surface area (Å²) >= 11 is 0. The molecule has 0 aromatic heterocycles. The Morgan fingerprint density at radius 2 is 1.95 bits per heavy atom. The quantitative estimate of drug-likeness (QED) is 0.851. The van der Waals surface area contributed by atoms with E-state index in [9.17, 15) is 18.4 Å². The summed E-state index contributed by atoms with van der Waals surface area (Å²) in [5.41, 5.74) is 5.45. The average Bonchev–Trinajstić information content (AvgIpc) is 2.32. The third-order valence-corrected chi connectivity index (χ3v) is 3.08. The molecule has 0 saturated carbocycles. The third-order valence-electron chi connectivity index (χ3n) is 3.08. The lowest BCUT2D eigenvalue weighted by molar-refractivity contribution is -0.138. The number of nitrogens with one attached hydrogen (secondary N) is 1. The standard InChI is InChI=1S/C13H15F2N3O2.ClH/c14-9-3-8(4-10(15)5-9)7-18-2-1-17-11(13(18)20)6-12(16)19;/h3-5,11,17H,1-2,6-7H2,(H2,16,19);1H. The summed E-state index contributed by atoms with van der Waals surface area (Å²) in [7, 11) is 0. The monoisotopic (exact) mass is 319 g/mol. The van der Waals surface area contributed by atoms with Gasteiger partial charge in [0.15, 0.2) is 0 Å². The van der Waals surface area contributed by atoms with E-state index in [4.69, 9.17) is 5.73 Å². The van der Waals surface area contributed by atoms with Gasteiger partial charge >= 0.3 is 0 Å². The lowest BCUT2D eigenvalue weighted by Crippen LogP contribution is -2.55. The summed E-state index contributed by atoms with van der Waals surface area (Å²) in [6, 6.07) is 2.47. The smallest absolute Gasteiger partial charge is 0.240 e. The number of halogens is 3. The van der Waals surface area contributed by atoms with Crippen LogP contribution in [0, 0.1) is 11.6 Å². The maximum atomic E-state index is 13.1. The number of hydrogen-bond acceptors (Lipinski definition) is 3. The Kier molecular flexibility index (Phi) is 6.04. The number of rotatable bonds is 4. The van der Waals surface area contributed by atoms with Gasteiger partial charge in [0.05, 0.1) is 12.5 Å². The lowest BCUT2D eigenvalue weighted by atomic mass is 10.1. The molecule has 1 aromatic carbocycles. The van der Waals surface area contributed by atoms with Gasteiger partial charge in [-0.25, -0.2) is 8.78 Å². The normalized spacial score (nSPS) is 18.3. The molecule has 1 fully saturated rings. The van der Waals surface area contributed by atoms with E-state index in [0.29, 0.717) is 18.7 Å². The van der Waals surface area contributed by atoms with Crippen LogP contribution in [0.4, 0.5) is 8.78 Å². The summed E-state index contributed by atoms with van der Waals surface area (Å²) in [5.74, 6) is -2.23. The van der Waals surface area contributed by atoms with Gasteiger partial charge in [-0.3, -0.25) is 9.59 Å². The molecule has 8 heteroatoms. The van der Waals surface area contributed by atoms with Crippen LogP contribution in [0.15, 0.2) is 18.2 Å². The van der Waals surface area contributed by atoms with Crippen molar-refractivity contribution >= 4 is 24.2 Å². The molecule has 2 rings (SSSR count). The zero-order chi connectivity index (χ0) is 14.7. The minimum absolute atomic E-state index is 0. The number of nitrogens with two attached hydrogens (primary N) is 1. The van der Waals surface area contributed by atoms with E-state index in [1.807, 2.05) is 0 Å². The van der Waals surface area contributed by atoms with Gasteiger partial charge in [-0.2, -0.15) is 0 Å². The molecule has 21 heavy (non-hydrogen) atoms. The first-order valence-corrected chi connectivity index (χ1v) is 6.21. The Bertz CT molecular complexity index is 522. The number of nitrogens with zero attached hydrogens (tertiary/aromatic N) is 1. The van der Waals surface area contributed by atoms with E-state index in [1.165, 1.54) is 17.0 Å². The summed E-state index contributed by atoms with van der Waals surface area (Å²) in [6.45, 7) is 1.01. The highest BCUT2D eigenvalue weighted by Gasteiger charge is 2.29. The van der Waals surface area contributed by atoms with Crippen LogP contribution in [0.1, 0.15) is 12.0 Å². The zero-order valence-corrected chi connectivity index (χ0v) is 12.0. The van der Waals surface area contributed by atoms with E-state index in [1.54, 1.807) is 0 Å². The zero-order valence-electron chi connectivity index (χ0n) is 11.1. The Balaban J connectivity index is 0.00000220. The van der Waals surface area contributed by atoms with Crippen molar-refractivity contribution < 1.29 is 18.4 Å². The predicted molar refractivity (Wildman–Crippen MR) is 74.6 cm³/mol. The van der Waals surface area contributed by atoms with Gasteiger partial charge in [-0.15, -0.1) is 12.4 Å². The lowest BCUT2D eigenvalue weighted by Gasteiger charge is -2.32. The van der Waals surface area contributed by atoms with Crippen molar-refractivity contribution in [1.82, 2.24) is 10.2 Å². The Labute approximate surface area is 126 Å². The van der Waals surface area contributed by atoms with Gasteiger partial charge in [0.1, 0.15) is 11.6 Å². The van der Waals surface area contributed by atoms with E-state index in [0.717, 1.165) is 6.07 Å². The number of carbonyl (C=O) groups is 2. The van der Waals surface area contributed by atoms with Crippen molar-refractivity contribution in [3.63, 3.8) is 0 Å². The van der Waals surface area contributed by atoms with Crippen LogP contribution < -0.4 is 11.1 Å². The van der Waals surface area contributed by atoms with E-state index >= 15 is 0 Å². The molecule has 5 nitrogen and oxygen atoms in total. The molecular formula is C13H16ClF2N3O2. The number of primary amides is 1. The average molecular weight is 320 g/mol. The molecule has 1 aliphatic rings. The molecule has 2 amide bonds. The molecule has 1 aromatic rings. The molecule has 1 saturated heterocycles. The fourth-order valence-corrected chi connectivity index (χ4v) is 2.23. The molecule has 1 aliphatic heterocycles. The molecule has 3 N–H and O–H groups in total. The van der Waals surface area contributed by atoms with Gasteiger partial charge in [0.2, 0.25) is 11.8 Å². The SMILES string of the molecule is Cl.NC(=O)CC1NCCN(Cc2cc(F)cc(F)c2)C1=O. The maximum Gasteiger partial charge on any atom is 0.240 e. The maximum absolute atomic E-state index is 13.1. The van der Waals surface area contributed by atoms with Crippen LogP contribution in [0.2, 0.25) is 0 Å². The third kappa shape index (κ3) is 4.64. The second-order valence-corrected chi connectivity index (χ2v) is 4.71. The Morgan fingerprint density at radius 3 is 2.52 bits per heavy atom. The fourth-order valence-electron chi connectivity index (χ4n) is 2.23. The number of piperazine rings is 1. The number of hydrogen-bond donors (Lipinski definition) is 2. The Morgan fingerprint density at radius 1 is 1.33 bits per heavy atom. The van der Waals surface area contributed by atoms with Gasteiger partial charge in [0.25, 0.3) is 0 Å². The molecule has 1 atom stereocenters. The minimum atomic E-state index is -0.684. The predicted octanol–water partition coefficient (Wildman–Crippen LogP) is 0.562. The molecule has 0 aliphatic carbocycles. The topological polar surface area (TPSA) is 75.4 Å². The second kappa shape index (κ2) is 7.33. The van der Waals surface area contributed by atoms with Crippen LogP contribution in [-0.2, 0) is 16.1 Å². The van der Waals surface area contributed by atoms with Crippen LogP contribution in [0.5, 0.6) is 0 Å². The highest BCUT2D eigenvalue weighted by atomic mass is 35.5. The van der Waals surface area contributed by atoms with Gasteiger partial charge in [0, 0.05) is 25.7 Å². The number of benzene rings is 1. The second-order valence-electron chi connectivity index (χ2n) is 4.71. The molecule has 1 unspecified atom stereocenters. The molecule has 1 heterocycles. The van der Waals surface area contributed by atoms with Crippen molar-refractivity contribution in [2.24, 2.45) is 5.73 Å². The van der Waals surface area contributed by atoms with Crippen molar-refractivity contribution in [2.75, 3.05) is 13.1 Å². The van der Waals surface area contributed by atoms with Crippen LogP contribution in [-0.4, -0.2) is 35.8 Å². The van der Waals surface area contributed by atoms with Crippen molar-refractivity contribution in [2.45, 2.75) is 19.0 Å². The fraction of sp³-hybridized carbons (Fsp3) is 0.385. The minimum Gasteiger partial charge on any atom is -0.370 e. The summed E-state index contributed by atoms with van der Waals surface area (Å²) in [5, 5.41) is 2.90. The first-order valence-electron chi connectivity index (χ1n) is 6.21. The van der Waals surface area contributed by atoms with E-state index < -0.39 is 23.6 Å². The largest absolute Gasteiger partial charge is 0.370 e. The summed E-state index contributed by atoms with van der Waals surface area (Å²) in [4.78, 5) is 24.4. The van der Waals surface area contributed by atoms with Gasteiger partial charge < -0.3 is 16.0 Å². The number of amides is 2. The van der Waals surface area contributed by atoms with Crippen LogP contribution in [0.25, 0.3) is 0 Å². The highest BCUT2D eigenvalue weighted by Crippen LogP contribution is 2.13. The molecule has 0 bridgehead atoms. The first-order chi connectivity index (χ1) is 9.45. The van der Waals surface area contributed by atoms with E-state index in [-0.39, 0.29) is 31.3 Å². The van der Waals surface area contributed by atoms with Gasteiger partial charge in [-0.05, 0) is 17.7 Å².